The SMILES string of the molecule is CC(CC(=O)N(CCN)CCN)C(=O)NC(CCc1ccccc1)CNC(C)(C)c1ccc(F)c(C(F)(F)F)c1. The molecule has 2 aromatic carbocycles. The first-order valence-electron chi connectivity index (χ1n) is 13.4. The highest BCUT2D eigenvalue weighted by atomic mass is 19.4. The highest BCUT2D eigenvalue weighted by molar-refractivity contribution is 5.85. The minimum atomic E-state index is -4.82. The van der Waals surface area contributed by atoms with Crippen molar-refractivity contribution in [3.8, 4) is 0 Å². The summed E-state index contributed by atoms with van der Waals surface area (Å²) in [4.78, 5) is 27.3. The summed E-state index contributed by atoms with van der Waals surface area (Å²) < 4.78 is 53.7. The van der Waals surface area contributed by atoms with Crippen molar-refractivity contribution in [1.82, 2.24) is 15.5 Å². The molecule has 0 radical (unpaired) electrons. The first-order chi connectivity index (χ1) is 18.8. The average molecular weight is 568 g/mol. The molecular weight excluding hydrogens is 526 g/mol. The quantitative estimate of drug-likeness (QED) is 0.246. The summed E-state index contributed by atoms with van der Waals surface area (Å²) in [7, 11) is 0. The lowest BCUT2D eigenvalue weighted by atomic mass is 9.91. The van der Waals surface area contributed by atoms with Gasteiger partial charge in [0.2, 0.25) is 11.8 Å². The fourth-order valence-corrected chi connectivity index (χ4v) is 4.32. The first kappa shape index (κ1) is 33.2. The second-order valence-corrected chi connectivity index (χ2v) is 10.5. The van der Waals surface area contributed by atoms with Crippen LogP contribution in [-0.2, 0) is 27.7 Å². The highest BCUT2D eigenvalue weighted by Crippen LogP contribution is 2.34. The lowest BCUT2D eigenvalue weighted by Crippen LogP contribution is -2.49. The van der Waals surface area contributed by atoms with Crippen LogP contribution in [0.25, 0.3) is 0 Å². The van der Waals surface area contributed by atoms with E-state index in [0.29, 0.717) is 25.9 Å². The number of alkyl halides is 3. The Morgan fingerprint density at radius 2 is 1.62 bits per heavy atom. The number of amides is 2. The molecule has 0 spiro atoms. The van der Waals surface area contributed by atoms with E-state index in [-0.39, 0.29) is 43.4 Å². The number of carbonyl (C=O) groups excluding carboxylic acids is 2. The minimum absolute atomic E-state index is 0.00798. The van der Waals surface area contributed by atoms with Gasteiger partial charge in [-0.05, 0) is 49.9 Å². The molecule has 2 amide bonds. The van der Waals surface area contributed by atoms with Gasteiger partial charge >= 0.3 is 6.18 Å². The Hall–Kier alpha value is -3.02. The van der Waals surface area contributed by atoms with E-state index in [1.54, 1.807) is 25.7 Å². The van der Waals surface area contributed by atoms with Crippen LogP contribution in [0.5, 0.6) is 0 Å². The number of nitrogens with two attached hydrogens (primary N) is 2. The Balaban J connectivity index is 2.14. The molecule has 2 rings (SSSR count). The predicted molar refractivity (Wildman–Crippen MR) is 148 cm³/mol. The van der Waals surface area contributed by atoms with Gasteiger partial charge < -0.3 is 27.0 Å². The zero-order valence-electron chi connectivity index (χ0n) is 23.4. The number of hydrogen-bond acceptors (Lipinski definition) is 5. The summed E-state index contributed by atoms with van der Waals surface area (Å²) in [5.74, 6) is -2.48. The molecule has 2 atom stereocenters. The maximum atomic E-state index is 13.8. The summed E-state index contributed by atoms with van der Waals surface area (Å²) in [6.07, 6.45) is -3.63. The molecule has 2 aromatic rings. The second-order valence-electron chi connectivity index (χ2n) is 10.5. The van der Waals surface area contributed by atoms with E-state index < -0.39 is 35.1 Å². The first-order valence-corrected chi connectivity index (χ1v) is 13.4. The van der Waals surface area contributed by atoms with Crippen LogP contribution in [-0.4, -0.2) is 55.5 Å². The number of halogens is 4. The molecule has 0 aliphatic heterocycles. The topological polar surface area (TPSA) is 113 Å². The van der Waals surface area contributed by atoms with Crippen molar-refractivity contribution < 1.29 is 27.2 Å². The standard InChI is InChI=1S/C29H41F4N5O2/c1-20(17-26(39)38(15-13-34)16-14-35)27(40)37-23(11-9-21-7-5-4-6-8-21)19-36-28(2,3)22-10-12-25(30)24(18-22)29(31,32)33/h4-8,10,12,18,20,23,36H,9,11,13-17,19,34-35H2,1-3H3,(H,37,40). The monoisotopic (exact) mass is 567 g/mol. The molecule has 0 saturated heterocycles. The number of rotatable bonds is 15. The number of nitrogens with zero attached hydrogens (tertiary/aromatic N) is 1. The van der Waals surface area contributed by atoms with E-state index in [0.717, 1.165) is 17.7 Å². The van der Waals surface area contributed by atoms with Gasteiger partial charge in [-0.1, -0.05) is 43.3 Å². The Morgan fingerprint density at radius 1 is 1.00 bits per heavy atom. The fraction of sp³-hybridized carbons (Fsp3) is 0.517. The van der Waals surface area contributed by atoms with Crippen LogP contribution >= 0.6 is 0 Å². The Labute approximate surface area is 233 Å². The van der Waals surface area contributed by atoms with Crippen LogP contribution < -0.4 is 22.1 Å². The molecule has 7 nitrogen and oxygen atoms in total. The van der Waals surface area contributed by atoms with Gasteiger partial charge in [0.15, 0.2) is 0 Å². The van der Waals surface area contributed by atoms with Gasteiger partial charge in [0.05, 0.1) is 5.56 Å². The molecule has 0 heterocycles. The van der Waals surface area contributed by atoms with E-state index in [1.165, 1.54) is 6.07 Å². The molecule has 0 aliphatic rings. The molecule has 0 aliphatic carbocycles. The summed E-state index contributed by atoms with van der Waals surface area (Å²) in [6, 6.07) is 12.2. The molecule has 40 heavy (non-hydrogen) atoms. The van der Waals surface area contributed by atoms with Crippen LogP contribution in [0.1, 0.15) is 50.3 Å². The van der Waals surface area contributed by atoms with Gasteiger partial charge in [-0.2, -0.15) is 13.2 Å². The van der Waals surface area contributed by atoms with E-state index in [1.807, 2.05) is 30.3 Å². The second kappa shape index (κ2) is 15.1. The minimum Gasteiger partial charge on any atom is -0.352 e. The molecular formula is C29H41F4N5O2. The van der Waals surface area contributed by atoms with Crippen LogP contribution in [0.2, 0.25) is 0 Å². The Morgan fingerprint density at radius 3 is 2.20 bits per heavy atom. The number of carbonyl (C=O) groups is 2. The van der Waals surface area contributed by atoms with Crippen LogP contribution in [0.4, 0.5) is 17.6 Å². The highest BCUT2D eigenvalue weighted by Gasteiger charge is 2.36. The van der Waals surface area contributed by atoms with Gasteiger partial charge in [0, 0.05) is 56.6 Å². The van der Waals surface area contributed by atoms with E-state index in [4.69, 9.17) is 11.5 Å². The van der Waals surface area contributed by atoms with Crippen molar-refractivity contribution in [2.45, 2.75) is 57.8 Å². The summed E-state index contributed by atoms with van der Waals surface area (Å²) in [6.45, 7) is 6.56. The van der Waals surface area contributed by atoms with Gasteiger partial charge in [-0.15, -0.1) is 0 Å². The van der Waals surface area contributed by atoms with Crippen molar-refractivity contribution in [2.24, 2.45) is 17.4 Å². The van der Waals surface area contributed by atoms with Crippen molar-refractivity contribution >= 4 is 11.8 Å². The van der Waals surface area contributed by atoms with Crippen molar-refractivity contribution in [2.75, 3.05) is 32.7 Å². The number of nitrogens with one attached hydrogen (secondary N) is 2. The smallest absolute Gasteiger partial charge is 0.352 e. The van der Waals surface area contributed by atoms with E-state index >= 15 is 0 Å². The van der Waals surface area contributed by atoms with Crippen LogP contribution in [0.3, 0.4) is 0 Å². The van der Waals surface area contributed by atoms with Crippen LogP contribution in [0.15, 0.2) is 48.5 Å². The van der Waals surface area contributed by atoms with E-state index in [2.05, 4.69) is 10.6 Å². The largest absolute Gasteiger partial charge is 0.419 e. The Bertz CT molecular complexity index is 1090. The average Bonchev–Trinajstić information content (AvgIpc) is 2.90. The zero-order valence-corrected chi connectivity index (χ0v) is 23.4. The van der Waals surface area contributed by atoms with Gasteiger partial charge in [0.25, 0.3) is 0 Å². The molecule has 11 heteroatoms. The van der Waals surface area contributed by atoms with E-state index in [9.17, 15) is 27.2 Å². The fourth-order valence-electron chi connectivity index (χ4n) is 4.32. The predicted octanol–water partition coefficient (Wildman–Crippen LogP) is 3.56. The lowest BCUT2D eigenvalue weighted by Gasteiger charge is -2.31. The number of aryl methyl sites for hydroxylation is 1. The summed E-state index contributed by atoms with van der Waals surface area (Å²) in [5.41, 5.74) is 10.2. The molecule has 0 fully saturated rings. The van der Waals surface area contributed by atoms with Gasteiger partial charge in [-0.25, -0.2) is 4.39 Å². The third-order valence-corrected chi connectivity index (χ3v) is 6.83. The molecule has 0 saturated carbocycles. The number of benzene rings is 2. The summed E-state index contributed by atoms with van der Waals surface area (Å²) in [5, 5.41) is 6.24. The molecule has 222 valence electrons. The third kappa shape index (κ3) is 10.2. The van der Waals surface area contributed by atoms with Crippen molar-refractivity contribution in [3.05, 3.63) is 71.0 Å². The zero-order chi connectivity index (χ0) is 29.9. The third-order valence-electron chi connectivity index (χ3n) is 6.83. The van der Waals surface area contributed by atoms with Crippen LogP contribution in [0, 0.1) is 11.7 Å². The summed E-state index contributed by atoms with van der Waals surface area (Å²) >= 11 is 0. The number of hydrogen-bond donors (Lipinski definition) is 4. The van der Waals surface area contributed by atoms with Crippen molar-refractivity contribution in [3.63, 3.8) is 0 Å². The molecule has 0 bridgehead atoms. The van der Waals surface area contributed by atoms with Gasteiger partial charge in [-0.3, -0.25) is 9.59 Å². The lowest BCUT2D eigenvalue weighted by molar-refractivity contribution is -0.140. The molecule has 2 unspecified atom stereocenters. The maximum Gasteiger partial charge on any atom is 0.419 e. The normalized spacial score (nSPS) is 13.5. The molecule has 0 aromatic heterocycles. The molecule has 6 N–H and O–H groups in total. The van der Waals surface area contributed by atoms with Gasteiger partial charge in [0.1, 0.15) is 5.82 Å². The Kier molecular flexibility index (Phi) is 12.5. The maximum absolute atomic E-state index is 13.8. The van der Waals surface area contributed by atoms with Crippen molar-refractivity contribution in [1.29, 1.82) is 0 Å².